The van der Waals surface area contributed by atoms with Crippen LogP contribution in [0.2, 0.25) is 0 Å². The lowest BCUT2D eigenvalue weighted by molar-refractivity contribution is 0.0946. The second-order valence-electron chi connectivity index (χ2n) is 6.44. The van der Waals surface area contributed by atoms with Crippen LogP contribution in [-0.2, 0) is 13.0 Å². The lowest BCUT2D eigenvalue weighted by Crippen LogP contribution is -2.28. The fourth-order valence-corrected chi connectivity index (χ4v) is 3.55. The Hall–Kier alpha value is -2.89. The smallest absolute Gasteiger partial charge is 0.268 e. The van der Waals surface area contributed by atoms with E-state index in [2.05, 4.69) is 19.9 Å². The molecule has 2 aromatic heterocycles. The van der Waals surface area contributed by atoms with Gasteiger partial charge in [0.25, 0.3) is 5.91 Å². The summed E-state index contributed by atoms with van der Waals surface area (Å²) < 4.78 is 2.09. The average Bonchev–Trinajstić information content (AvgIpc) is 3.11. The van der Waals surface area contributed by atoms with Gasteiger partial charge in [-0.1, -0.05) is 19.1 Å². The van der Waals surface area contributed by atoms with E-state index in [1.807, 2.05) is 45.0 Å². The summed E-state index contributed by atoms with van der Waals surface area (Å²) in [6.07, 6.45) is 0.632. The van der Waals surface area contributed by atoms with Gasteiger partial charge in [-0.3, -0.25) is 9.59 Å². The highest BCUT2D eigenvalue weighted by Crippen LogP contribution is 2.20. The van der Waals surface area contributed by atoms with Gasteiger partial charge < -0.3 is 14.9 Å². The predicted molar refractivity (Wildman–Crippen MR) is 102 cm³/mol. The molecule has 1 aromatic carbocycles. The third kappa shape index (κ3) is 3.14. The molecule has 3 aromatic rings. The molecule has 0 aliphatic rings. The van der Waals surface area contributed by atoms with Gasteiger partial charge in [-0.2, -0.15) is 0 Å². The number of carbonyl (C=O) groups is 2. The number of benzene rings is 1. The first-order valence-corrected chi connectivity index (χ1v) is 8.86. The largest absolute Gasteiger partial charge is 0.354 e. The van der Waals surface area contributed by atoms with E-state index < -0.39 is 0 Å². The monoisotopic (exact) mass is 352 g/mol. The first-order valence-electron chi connectivity index (χ1n) is 8.86. The van der Waals surface area contributed by atoms with Crippen LogP contribution in [0.4, 0.5) is 0 Å². The molecule has 0 fully saturated rings. The van der Waals surface area contributed by atoms with Gasteiger partial charge in [0, 0.05) is 24.3 Å². The number of hydrogen-bond donors (Lipinski definition) is 2. The molecule has 0 saturated heterocycles. The third-order valence-corrected chi connectivity index (χ3v) is 4.69. The average molecular weight is 352 g/mol. The molecule has 6 heteroatoms. The van der Waals surface area contributed by atoms with Crippen LogP contribution in [0.3, 0.4) is 0 Å². The first kappa shape index (κ1) is 17.9. The summed E-state index contributed by atoms with van der Waals surface area (Å²) in [5.41, 5.74) is 4.67. The molecule has 3 rings (SSSR count). The number of rotatable bonds is 6. The molecule has 0 spiro atoms. The summed E-state index contributed by atoms with van der Waals surface area (Å²) in [6, 6.07) is 7.96. The van der Waals surface area contributed by atoms with Crippen LogP contribution in [0.5, 0.6) is 0 Å². The van der Waals surface area contributed by atoms with E-state index >= 15 is 0 Å². The van der Waals surface area contributed by atoms with E-state index in [0.717, 1.165) is 28.1 Å². The summed E-state index contributed by atoms with van der Waals surface area (Å²) in [5.74, 6) is 0.721. The van der Waals surface area contributed by atoms with Gasteiger partial charge in [0.1, 0.15) is 11.5 Å². The minimum absolute atomic E-state index is 0.0184. The van der Waals surface area contributed by atoms with Crippen LogP contribution in [0.1, 0.15) is 51.8 Å². The molecule has 2 heterocycles. The topological polar surface area (TPSA) is 79.8 Å². The third-order valence-electron chi connectivity index (χ3n) is 4.69. The number of imidazole rings is 1. The minimum Gasteiger partial charge on any atom is -0.354 e. The molecule has 26 heavy (non-hydrogen) atoms. The zero-order chi connectivity index (χ0) is 18.8. The molecule has 0 aliphatic heterocycles. The Kier molecular flexibility index (Phi) is 4.93. The molecule has 0 unspecified atom stereocenters. The van der Waals surface area contributed by atoms with Crippen molar-refractivity contribution in [1.82, 2.24) is 19.9 Å². The fraction of sp³-hybridized carbons (Fsp3) is 0.350. The van der Waals surface area contributed by atoms with Crippen molar-refractivity contribution in [3.63, 3.8) is 0 Å². The summed E-state index contributed by atoms with van der Waals surface area (Å²) in [7, 11) is 0. The number of aromatic nitrogens is 3. The number of ketones is 1. The lowest BCUT2D eigenvalue weighted by atomic mass is 10.0. The quantitative estimate of drug-likeness (QED) is 0.669. The molecule has 0 bridgehead atoms. The number of Topliss-reactive ketones (excluding diaryl/α,β-unsaturated/α-hetero) is 1. The van der Waals surface area contributed by atoms with Crippen LogP contribution in [0.25, 0.3) is 11.0 Å². The lowest BCUT2D eigenvalue weighted by Gasteiger charge is -2.09. The van der Waals surface area contributed by atoms with Crippen LogP contribution in [-0.4, -0.2) is 32.8 Å². The van der Waals surface area contributed by atoms with Crippen molar-refractivity contribution in [1.29, 1.82) is 0 Å². The fourth-order valence-electron chi connectivity index (χ4n) is 3.55. The summed E-state index contributed by atoms with van der Waals surface area (Å²) >= 11 is 0. The highest BCUT2D eigenvalue weighted by atomic mass is 16.2. The number of carbonyl (C=O) groups excluding carboxylic acids is 2. The SMILES string of the molecule is CCc1c(C(=O)NCCn2c(C)nc3ccccc32)[nH]c(C)c1C(C)=O. The first-order chi connectivity index (χ1) is 12.4. The maximum atomic E-state index is 12.6. The second kappa shape index (κ2) is 7.15. The molecule has 6 nitrogen and oxygen atoms in total. The van der Waals surface area contributed by atoms with Crippen LogP contribution >= 0.6 is 0 Å². The Bertz CT molecular complexity index is 981. The zero-order valence-electron chi connectivity index (χ0n) is 15.6. The van der Waals surface area contributed by atoms with E-state index in [1.165, 1.54) is 6.92 Å². The summed E-state index contributed by atoms with van der Waals surface area (Å²) in [5, 5.41) is 2.95. The Morgan fingerprint density at radius 1 is 1.23 bits per heavy atom. The van der Waals surface area contributed by atoms with E-state index in [1.54, 1.807) is 0 Å². The number of amides is 1. The maximum Gasteiger partial charge on any atom is 0.268 e. The van der Waals surface area contributed by atoms with Crippen molar-refractivity contribution in [2.75, 3.05) is 6.54 Å². The van der Waals surface area contributed by atoms with Crippen molar-refractivity contribution in [2.24, 2.45) is 0 Å². The van der Waals surface area contributed by atoms with Gasteiger partial charge in [0.2, 0.25) is 0 Å². The molecule has 1 amide bonds. The number of H-pyrrole nitrogens is 1. The number of fused-ring (bicyclic) bond motifs is 1. The molecular formula is C20H24N4O2. The Labute approximate surface area is 152 Å². The van der Waals surface area contributed by atoms with E-state index in [0.29, 0.717) is 30.8 Å². The highest BCUT2D eigenvalue weighted by molar-refractivity contribution is 6.02. The Morgan fingerprint density at radius 2 is 1.96 bits per heavy atom. The van der Waals surface area contributed by atoms with Gasteiger partial charge in [-0.25, -0.2) is 4.98 Å². The number of nitrogens with zero attached hydrogens (tertiary/aromatic N) is 2. The number of nitrogens with one attached hydrogen (secondary N) is 2. The second-order valence-corrected chi connectivity index (χ2v) is 6.44. The number of aryl methyl sites for hydroxylation is 2. The van der Waals surface area contributed by atoms with Crippen molar-refractivity contribution in [3.8, 4) is 0 Å². The van der Waals surface area contributed by atoms with Gasteiger partial charge in [-0.05, 0) is 44.9 Å². The van der Waals surface area contributed by atoms with Gasteiger partial charge in [-0.15, -0.1) is 0 Å². The van der Waals surface area contributed by atoms with Crippen molar-refractivity contribution >= 4 is 22.7 Å². The summed E-state index contributed by atoms with van der Waals surface area (Å²) in [4.78, 5) is 32.1. The van der Waals surface area contributed by atoms with Crippen LogP contribution < -0.4 is 5.32 Å². The standard InChI is InChI=1S/C20H24N4O2/c1-5-15-18(13(3)25)12(2)22-19(15)20(26)21-10-11-24-14(4)23-16-8-6-7-9-17(16)24/h6-9,22H,5,10-11H2,1-4H3,(H,21,26). The Balaban J connectivity index is 1.74. The normalized spacial score (nSPS) is 11.1. The van der Waals surface area contributed by atoms with Crippen molar-refractivity contribution in [3.05, 3.63) is 52.6 Å². The molecular weight excluding hydrogens is 328 g/mol. The van der Waals surface area contributed by atoms with E-state index in [-0.39, 0.29) is 11.7 Å². The Morgan fingerprint density at radius 3 is 2.65 bits per heavy atom. The molecule has 0 saturated carbocycles. The zero-order valence-corrected chi connectivity index (χ0v) is 15.6. The molecule has 136 valence electrons. The van der Waals surface area contributed by atoms with Crippen LogP contribution in [0.15, 0.2) is 24.3 Å². The number of hydrogen-bond acceptors (Lipinski definition) is 3. The number of para-hydroxylation sites is 2. The minimum atomic E-state index is -0.181. The summed E-state index contributed by atoms with van der Waals surface area (Å²) in [6.45, 7) is 8.39. The van der Waals surface area contributed by atoms with Crippen molar-refractivity contribution in [2.45, 2.75) is 40.7 Å². The van der Waals surface area contributed by atoms with Gasteiger partial charge >= 0.3 is 0 Å². The molecule has 0 atom stereocenters. The molecule has 2 N–H and O–H groups in total. The van der Waals surface area contributed by atoms with E-state index in [9.17, 15) is 9.59 Å². The molecule has 0 aliphatic carbocycles. The predicted octanol–water partition coefficient (Wildman–Crippen LogP) is 3.18. The van der Waals surface area contributed by atoms with Gasteiger partial charge in [0.05, 0.1) is 11.0 Å². The van der Waals surface area contributed by atoms with Crippen molar-refractivity contribution < 1.29 is 9.59 Å². The number of aromatic amines is 1. The van der Waals surface area contributed by atoms with Crippen LogP contribution in [0, 0.1) is 13.8 Å². The maximum absolute atomic E-state index is 12.6. The van der Waals surface area contributed by atoms with E-state index in [4.69, 9.17) is 0 Å². The highest BCUT2D eigenvalue weighted by Gasteiger charge is 2.21. The molecule has 0 radical (unpaired) electrons. The van der Waals surface area contributed by atoms with Gasteiger partial charge in [0.15, 0.2) is 5.78 Å².